The van der Waals surface area contributed by atoms with Crippen LogP contribution in [-0.2, 0) is 13.1 Å². The molecule has 5 heteroatoms. The van der Waals surface area contributed by atoms with Gasteiger partial charge in [-0.25, -0.2) is 4.39 Å². The lowest BCUT2D eigenvalue weighted by atomic mass is 10.2. The average Bonchev–Trinajstić information content (AvgIpc) is 2.87. The van der Waals surface area contributed by atoms with Gasteiger partial charge in [0, 0.05) is 19.1 Å². The SMILES string of the molecule is CCCn1cc(Oc2ccc(CNC(C)C)cc2F)cn1. The van der Waals surface area contributed by atoms with Crippen molar-refractivity contribution < 1.29 is 9.13 Å². The van der Waals surface area contributed by atoms with Gasteiger partial charge in [-0.2, -0.15) is 5.10 Å². The molecule has 0 aliphatic heterocycles. The lowest BCUT2D eigenvalue weighted by molar-refractivity contribution is 0.440. The first-order valence-corrected chi connectivity index (χ1v) is 7.30. The van der Waals surface area contributed by atoms with Crippen LogP contribution >= 0.6 is 0 Å². The molecule has 2 aromatic rings. The number of ether oxygens (including phenoxy) is 1. The predicted octanol–water partition coefficient (Wildman–Crippen LogP) is 3.72. The molecule has 0 atom stereocenters. The summed E-state index contributed by atoms with van der Waals surface area (Å²) in [7, 11) is 0. The molecule has 0 spiro atoms. The zero-order chi connectivity index (χ0) is 15.2. The largest absolute Gasteiger partial charge is 0.451 e. The van der Waals surface area contributed by atoms with Crippen LogP contribution in [0.1, 0.15) is 32.8 Å². The van der Waals surface area contributed by atoms with Crippen molar-refractivity contribution in [3.8, 4) is 11.5 Å². The first-order valence-electron chi connectivity index (χ1n) is 7.30. The number of halogens is 1. The highest BCUT2D eigenvalue weighted by molar-refractivity contribution is 5.33. The third-order valence-corrected chi connectivity index (χ3v) is 3.00. The zero-order valence-corrected chi connectivity index (χ0v) is 12.8. The van der Waals surface area contributed by atoms with Crippen LogP contribution in [-0.4, -0.2) is 15.8 Å². The Morgan fingerprint density at radius 3 is 2.86 bits per heavy atom. The Balaban J connectivity index is 2.02. The van der Waals surface area contributed by atoms with Crippen molar-refractivity contribution in [1.29, 1.82) is 0 Å². The Labute approximate surface area is 124 Å². The molecule has 4 nitrogen and oxygen atoms in total. The maximum Gasteiger partial charge on any atom is 0.166 e. The molecule has 114 valence electrons. The maximum absolute atomic E-state index is 14.0. The molecule has 1 aromatic carbocycles. The molecule has 0 amide bonds. The van der Waals surface area contributed by atoms with E-state index in [1.54, 1.807) is 23.1 Å². The van der Waals surface area contributed by atoms with Crippen molar-refractivity contribution in [3.63, 3.8) is 0 Å². The van der Waals surface area contributed by atoms with Gasteiger partial charge in [0.2, 0.25) is 0 Å². The van der Waals surface area contributed by atoms with E-state index in [1.807, 2.05) is 6.07 Å². The van der Waals surface area contributed by atoms with Gasteiger partial charge in [0.1, 0.15) is 0 Å². The molecule has 1 N–H and O–H groups in total. The molecule has 0 bridgehead atoms. The fraction of sp³-hybridized carbons (Fsp3) is 0.438. The quantitative estimate of drug-likeness (QED) is 0.845. The fourth-order valence-electron chi connectivity index (χ4n) is 1.93. The lowest BCUT2D eigenvalue weighted by Crippen LogP contribution is -2.21. The van der Waals surface area contributed by atoms with Gasteiger partial charge in [-0.1, -0.05) is 26.8 Å². The molecule has 2 rings (SSSR count). The number of aryl methyl sites for hydroxylation is 1. The van der Waals surface area contributed by atoms with Crippen LogP contribution in [0.2, 0.25) is 0 Å². The van der Waals surface area contributed by atoms with E-state index in [9.17, 15) is 4.39 Å². The van der Waals surface area contributed by atoms with Crippen molar-refractivity contribution in [2.24, 2.45) is 0 Å². The topological polar surface area (TPSA) is 39.1 Å². The summed E-state index contributed by atoms with van der Waals surface area (Å²) in [5, 5.41) is 7.41. The number of hydrogen-bond donors (Lipinski definition) is 1. The Kier molecular flexibility index (Phi) is 5.33. The normalized spacial score (nSPS) is 11.1. The Hall–Kier alpha value is -1.88. The van der Waals surface area contributed by atoms with Gasteiger partial charge in [0.25, 0.3) is 0 Å². The standard InChI is InChI=1S/C16H22FN3O/c1-4-7-20-11-14(10-19-20)21-16-6-5-13(8-15(16)17)9-18-12(2)3/h5-6,8,10-12,18H,4,7,9H2,1-3H3. The first kappa shape index (κ1) is 15.5. The van der Waals surface area contributed by atoms with Crippen LogP contribution in [0.5, 0.6) is 11.5 Å². The van der Waals surface area contributed by atoms with E-state index in [1.165, 1.54) is 6.07 Å². The second-order valence-electron chi connectivity index (χ2n) is 5.34. The van der Waals surface area contributed by atoms with Crippen LogP contribution in [0, 0.1) is 5.82 Å². The number of aromatic nitrogens is 2. The van der Waals surface area contributed by atoms with Crippen molar-refractivity contribution in [2.45, 2.75) is 46.3 Å². The number of nitrogens with one attached hydrogen (secondary N) is 1. The monoisotopic (exact) mass is 291 g/mol. The fourth-order valence-corrected chi connectivity index (χ4v) is 1.93. The number of rotatable bonds is 7. The summed E-state index contributed by atoms with van der Waals surface area (Å²) in [6, 6.07) is 5.39. The summed E-state index contributed by atoms with van der Waals surface area (Å²) in [6.45, 7) is 7.66. The average molecular weight is 291 g/mol. The van der Waals surface area contributed by atoms with Crippen LogP contribution in [0.4, 0.5) is 4.39 Å². The van der Waals surface area contributed by atoms with Crippen molar-refractivity contribution in [2.75, 3.05) is 0 Å². The van der Waals surface area contributed by atoms with Gasteiger partial charge in [-0.3, -0.25) is 4.68 Å². The summed E-state index contributed by atoms with van der Waals surface area (Å²) in [5.74, 6) is 0.413. The molecule has 0 fully saturated rings. The Bertz CT molecular complexity index is 581. The van der Waals surface area contributed by atoms with Crippen molar-refractivity contribution in [1.82, 2.24) is 15.1 Å². The molecule has 1 heterocycles. The molecular formula is C16H22FN3O. The number of benzene rings is 1. The van der Waals surface area contributed by atoms with E-state index < -0.39 is 0 Å². The van der Waals surface area contributed by atoms with Gasteiger partial charge in [0.15, 0.2) is 17.3 Å². The van der Waals surface area contributed by atoms with Crippen LogP contribution in [0.25, 0.3) is 0 Å². The zero-order valence-electron chi connectivity index (χ0n) is 12.8. The van der Waals surface area contributed by atoms with E-state index in [2.05, 4.69) is 31.2 Å². The molecule has 0 radical (unpaired) electrons. The highest BCUT2D eigenvalue weighted by Gasteiger charge is 2.08. The third-order valence-electron chi connectivity index (χ3n) is 3.00. The summed E-state index contributed by atoms with van der Waals surface area (Å²) in [5.41, 5.74) is 0.898. The van der Waals surface area contributed by atoms with E-state index in [0.29, 0.717) is 18.3 Å². The summed E-state index contributed by atoms with van der Waals surface area (Å²) in [4.78, 5) is 0. The molecule has 0 aliphatic rings. The van der Waals surface area contributed by atoms with Crippen LogP contribution in [0.15, 0.2) is 30.6 Å². The van der Waals surface area contributed by atoms with Crippen LogP contribution in [0.3, 0.4) is 0 Å². The van der Waals surface area contributed by atoms with E-state index in [-0.39, 0.29) is 11.6 Å². The number of hydrogen-bond acceptors (Lipinski definition) is 3. The predicted molar refractivity (Wildman–Crippen MR) is 81.0 cm³/mol. The molecule has 0 saturated heterocycles. The van der Waals surface area contributed by atoms with Gasteiger partial charge in [-0.05, 0) is 24.1 Å². The third kappa shape index (κ3) is 4.56. The summed E-state index contributed by atoms with van der Waals surface area (Å²) in [6.07, 6.45) is 4.37. The molecule has 0 saturated carbocycles. The minimum atomic E-state index is -0.360. The molecule has 21 heavy (non-hydrogen) atoms. The van der Waals surface area contributed by atoms with E-state index in [4.69, 9.17) is 4.74 Å². The molecular weight excluding hydrogens is 269 g/mol. The van der Waals surface area contributed by atoms with Crippen LogP contribution < -0.4 is 10.1 Å². The highest BCUT2D eigenvalue weighted by Crippen LogP contribution is 2.24. The van der Waals surface area contributed by atoms with Gasteiger partial charge >= 0.3 is 0 Å². The van der Waals surface area contributed by atoms with Crippen molar-refractivity contribution >= 4 is 0 Å². The molecule has 0 aliphatic carbocycles. The summed E-state index contributed by atoms with van der Waals surface area (Å²) < 4.78 is 21.4. The Morgan fingerprint density at radius 1 is 1.38 bits per heavy atom. The van der Waals surface area contributed by atoms with Gasteiger partial charge in [0.05, 0.1) is 12.4 Å². The highest BCUT2D eigenvalue weighted by atomic mass is 19.1. The van der Waals surface area contributed by atoms with E-state index in [0.717, 1.165) is 18.5 Å². The minimum Gasteiger partial charge on any atom is -0.451 e. The second-order valence-corrected chi connectivity index (χ2v) is 5.34. The Morgan fingerprint density at radius 2 is 2.19 bits per heavy atom. The maximum atomic E-state index is 14.0. The molecule has 0 unspecified atom stereocenters. The summed E-state index contributed by atoms with van der Waals surface area (Å²) >= 11 is 0. The smallest absolute Gasteiger partial charge is 0.166 e. The van der Waals surface area contributed by atoms with Gasteiger partial charge < -0.3 is 10.1 Å². The number of nitrogens with zero attached hydrogens (tertiary/aromatic N) is 2. The van der Waals surface area contributed by atoms with E-state index >= 15 is 0 Å². The second kappa shape index (κ2) is 7.22. The first-order chi connectivity index (χ1) is 10.1. The minimum absolute atomic E-state index is 0.222. The molecule has 1 aromatic heterocycles. The van der Waals surface area contributed by atoms with Crippen molar-refractivity contribution in [3.05, 3.63) is 42.0 Å². The van der Waals surface area contributed by atoms with Gasteiger partial charge in [-0.15, -0.1) is 0 Å². The lowest BCUT2D eigenvalue weighted by Gasteiger charge is -2.10.